The highest BCUT2D eigenvalue weighted by atomic mass is 35.5. The topological polar surface area (TPSA) is 28.2 Å². The van der Waals surface area contributed by atoms with Gasteiger partial charge in [-0.05, 0) is 24.3 Å². The minimum absolute atomic E-state index is 0. The first-order valence-electron chi connectivity index (χ1n) is 3.38. The molecule has 2 rings (SSSR count). The van der Waals surface area contributed by atoms with E-state index in [1.54, 1.807) is 6.07 Å². The lowest BCUT2D eigenvalue weighted by Gasteiger charge is -1.94. The van der Waals surface area contributed by atoms with Crippen molar-refractivity contribution in [3.8, 4) is 6.07 Å². The summed E-state index contributed by atoms with van der Waals surface area (Å²) >= 11 is 0. The number of nitriles is 1. The first-order valence-corrected chi connectivity index (χ1v) is 3.38. The molecule has 0 bridgehead atoms. The Morgan fingerprint density at radius 2 is 1.92 bits per heavy atom. The molecule has 2 nitrogen and oxygen atoms in total. The minimum atomic E-state index is 0. The molecule has 60 valence electrons. The molecular weight excluding hydrogens is 172 g/mol. The zero-order chi connectivity index (χ0) is 7.68. The van der Waals surface area contributed by atoms with Gasteiger partial charge in [0.1, 0.15) is 11.8 Å². The first kappa shape index (κ1) is 8.63. The van der Waals surface area contributed by atoms with Gasteiger partial charge in [-0.2, -0.15) is 5.26 Å². The van der Waals surface area contributed by atoms with E-state index in [0.717, 1.165) is 5.52 Å². The van der Waals surface area contributed by atoms with E-state index in [-0.39, 0.29) is 12.4 Å². The fraction of sp³-hybridized carbons (Fsp3) is 0. The molecule has 0 saturated carbocycles. The number of halogens is 1. The standard InChI is InChI=1S/C9H6N2.ClH/c10-7-9-4-1-3-8-5-2-6-11(8)9;/h1-6H;1H. The molecule has 2 aromatic rings. The molecule has 2 aromatic heterocycles. The van der Waals surface area contributed by atoms with Gasteiger partial charge >= 0.3 is 0 Å². The molecule has 0 radical (unpaired) electrons. The van der Waals surface area contributed by atoms with Crippen molar-refractivity contribution in [2.45, 2.75) is 0 Å². The molecule has 0 aliphatic carbocycles. The number of pyridine rings is 1. The van der Waals surface area contributed by atoms with E-state index in [2.05, 4.69) is 6.07 Å². The van der Waals surface area contributed by atoms with Crippen molar-refractivity contribution in [2.24, 2.45) is 0 Å². The molecule has 0 aliphatic heterocycles. The van der Waals surface area contributed by atoms with Gasteiger partial charge in [0.2, 0.25) is 0 Å². The minimum Gasteiger partial charge on any atom is -0.308 e. The van der Waals surface area contributed by atoms with Crippen LogP contribution in [0.1, 0.15) is 5.69 Å². The Morgan fingerprint density at radius 1 is 1.17 bits per heavy atom. The van der Waals surface area contributed by atoms with Crippen LogP contribution in [0.25, 0.3) is 5.52 Å². The van der Waals surface area contributed by atoms with Gasteiger partial charge in [0.15, 0.2) is 0 Å². The van der Waals surface area contributed by atoms with Crippen LogP contribution >= 0.6 is 12.4 Å². The van der Waals surface area contributed by atoms with E-state index in [4.69, 9.17) is 5.26 Å². The lowest BCUT2D eigenvalue weighted by Crippen LogP contribution is -1.87. The fourth-order valence-electron chi connectivity index (χ4n) is 1.16. The molecule has 0 amide bonds. The van der Waals surface area contributed by atoms with Crippen molar-refractivity contribution in [2.75, 3.05) is 0 Å². The zero-order valence-electron chi connectivity index (χ0n) is 6.27. The average Bonchev–Trinajstić information content (AvgIpc) is 2.50. The van der Waals surface area contributed by atoms with Gasteiger partial charge < -0.3 is 4.40 Å². The Bertz CT molecular complexity index is 425. The van der Waals surface area contributed by atoms with E-state index in [1.165, 1.54) is 0 Å². The lowest BCUT2D eigenvalue weighted by atomic mass is 10.3. The van der Waals surface area contributed by atoms with Crippen LogP contribution in [0.4, 0.5) is 0 Å². The van der Waals surface area contributed by atoms with E-state index in [1.807, 2.05) is 34.9 Å². The molecule has 0 atom stereocenters. The summed E-state index contributed by atoms with van der Waals surface area (Å²) in [4.78, 5) is 0. The smallest absolute Gasteiger partial charge is 0.124 e. The van der Waals surface area contributed by atoms with Gasteiger partial charge in [-0.15, -0.1) is 12.4 Å². The summed E-state index contributed by atoms with van der Waals surface area (Å²) in [7, 11) is 0. The maximum atomic E-state index is 8.68. The van der Waals surface area contributed by atoms with Crippen molar-refractivity contribution in [1.82, 2.24) is 4.40 Å². The quantitative estimate of drug-likeness (QED) is 0.608. The number of aromatic nitrogens is 1. The summed E-state index contributed by atoms with van der Waals surface area (Å²) in [6.07, 6.45) is 1.88. The molecule has 12 heavy (non-hydrogen) atoms. The van der Waals surface area contributed by atoms with Crippen LogP contribution in [0.15, 0.2) is 36.5 Å². The van der Waals surface area contributed by atoms with Crippen LogP contribution in [0.3, 0.4) is 0 Å². The van der Waals surface area contributed by atoms with Gasteiger partial charge in [0.05, 0.1) is 0 Å². The molecule has 0 spiro atoms. The number of nitrogens with zero attached hydrogens (tertiary/aromatic N) is 2. The van der Waals surface area contributed by atoms with Crippen LogP contribution in [0, 0.1) is 11.3 Å². The molecule has 0 saturated heterocycles. The summed E-state index contributed by atoms with van der Waals surface area (Å²) in [6, 6.07) is 11.7. The van der Waals surface area contributed by atoms with E-state index in [0.29, 0.717) is 5.69 Å². The second-order valence-electron chi connectivity index (χ2n) is 2.33. The Balaban J connectivity index is 0.000000720. The van der Waals surface area contributed by atoms with Gasteiger partial charge in [0, 0.05) is 11.7 Å². The zero-order valence-corrected chi connectivity index (χ0v) is 7.08. The van der Waals surface area contributed by atoms with Crippen LogP contribution in [0.2, 0.25) is 0 Å². The van der Waals surface area contributed by atoms with E-state index >= 15 is 0 Å². The van der Waals surface area contributed by atoms with Gasteiger partial charge in [0.25, 0.3) is 0 Å². The van der Waals surface area contributed by atoms with Crippen LogP contribution in [0.5, 0.6) is 0 Å². The molecule has 0 aromatic carbocycles. The fourth-order valence-corrected chi connectivity index (χ4v) is 1.16. The highest BCUT2D eigenvalue weighted by Crippen LogP contribution is 2.06. The van der Waals surface area contributed by atoms with Crippen molar-refractivity contribution in [3.05, 3.63) is 42.2 Å². The maximum absolute atomic E-state index is 8.68. The second kappa shape index (κ2) is 3.29. The molecule has 2 heterocycles. The number of hydrogen-bond donors (Lipinski definition) is 0. The normalized spacial score (nSPS) is 8.92. The monoisotopic (exact) mass is 178 g/mol. The lowest BCUT2D eigenvalue weighted by molar-refractivity contribution is 1.15. The molecule has 0 N–H and O–H groups in total. The van der Waals surface area contributed by atoms with Crippen molar-refractivity contribution >= 4 is 17.9 Å². The third kappa shape index (κ3) is 1.15. The molecule has 0 unspecified atom stereocenters. The predicted molar refractivity (Wildman–Crippen MR) is 49.4 cm³/mol. The molecule has 3 heteroatoms. The highest BCUT2D eigenvalue weighted by molar-refractivity contribution is 5.85. The van der Waals surface area contributed by atoms with Crippen molar-refractivity contribution in [3.63, 3.8) is 0 Å². The van der Waals surface area contributed by atoms with Crippen molar-refractivity contribution in [1.29, 1.82) is 5.26 Å². The summed E-state index contributed by atoms with van der Waals surface area (Å²) in [5, 5.41) is 8.68. The number of rotatable bonds is 0. The average molecular weight is 179 g/mol. The highest BCUT2D eigenvalue weighted by Gasteiger charge is 1.94. The summed E-state index contributed by atoms with van der Waals surface area (Å²) < 4.78 is 1.86. The Kier molecular flexibility index (Phi) is 2.37. The second-order valence-corrected chi connectivity index (χ2v) is 2.33. The van der Waals surface area contributed by atoms with Gasteiger partial charge in [-0.1, -0.05) is 6.07 Å². The predicted octanol–water partition coefficient (Wildman–Crippen LogP) is 2.23. The summed E-state index contributed by atoms with van der Waals surface area (Å²) in [5.41, 5.74) is 1.73. The third-order valence-electron chi connectivity index (χ3n) is 1.68. The Labute approximate surface area is 76.5 Å². The van der Waals surface area contributed by atoms with E-state index < -0.39 is 0 Å². The molecular formula is C9H7ClN2. The van der Waals surface area contributed by atoms with E-state index in [9.17, 15) is 0 Å². The van der Waals surface area contributed by atoms with Crippen molar-refractivity contribution < 1.29 is 0 Å². The SMILES string of the molecule is Cl.N#Cc1cccc2cccn12. The van der Waals surface area contributed by atoms with Gasteiger partial charge in [-0.3, -0.25) is 0 Å². The molecule has 0 aliphatic rings. The van der Waals surface area contributed by atoms with Crippen LogP contribution in [-0.2, 0) is 0 Å². The largest absolute Gasteiger partial charge is 0.308 e. The summed E-state index contributed by atoms with van der Waals surface area (Å²) in [5.74, 6) is 0. The van der Waals surface area contributed by atoms with Gasteiger partial charge in [-0.25, -0.2) is 0 Å². The maximum Gasteiger partial charge on any atom is 0.124 e. The summed E-state index contributed by atoms with van der Waals surface area (Å²) in [6.45, 7) is 0. The number of fused-ring (bicyclic) bond motifs is 1. The van der Waals surface area contributed by atoms with Crippen LogP contribution < -0.4 is 0 Å². The number of hydrogen-bond acceptors (Lipinski definition) is 1. The van der Waals surface area contributed by atoms with Crippen LogP contribution in [-0.4, -0.2) is 4.40 Å². The third-order valence-corrected chi connectivity index (χ3v) is 1.68. The first-order chi connectivity index (χ1) is 5.42. The Hall–Kier alpha value is -1.46. The molecule has 0 fully saturated rings. The Morgan fingerprint density at radius 3 is 2.67 bits per heavy atom.